The summed E-state index contributed by atoms with van der Waals surface area (Å²) in [7, 11) is 0. The van der Waals surface area contributed by atoms with E-state index in [1.165, 1.54) is 38.5 Å². The van der Waals surface area contributed by atoms with Crippen LogP contribution in [0.1, 0.15) is 38.5 Å². The zero-order valence-electron chi connectivity index (χ0n) is 14.9. The first-order valence-electron chi connectivity index (χ1n) is 9.40. The van der Waals surface area contributed by atoms with Crippen LogP contribution in [0.3, 0.4) is 0 Å². The smallest absolute Gasteiger partial charge is 0.263 e. The van der Waals surface area contributed by atoms with Crippen molar-refractivity contribution in [2.75, 3.05) is 5.75 Å². The molecule has 26 heavy (non-hydrogen) atoms. The van der Waals surface area contributed by atoms with E-state index >= 15 is 0 Å². The minimum absolute atomic E-state index is 0.0433. The lowest BCUT2D eigenvalue weighted by molar-refractivity contribution is 0.498. The fourth-order valence-corrected chi connectivity index (χ4v) is 4.86. The van der Waals surface area contributed by atoms with E-state index < -0.39 is 0 Å². The lowest BCUT2D eigenvalue weighted by Gasteiger charge is -2.10. The van der Waals surface area contributed by atoms with Gasteiger partial charge in [0.1, 0.15) is 0 Å². The van der Waals surface area contributed by atoms with Crippen molar-refractivity contribution in [3.63, 3.8) is 0 Å². The highest BCUT2D eigenvalue weighted by Crippen LogP contribution is 2.30. The van der Waals surface area contributed by atoms with E-state index in [0.29, 0.717) is 17.7 Å². The van der Waals surface area contributed by atoms with Gasteiger partial charge in [0, 0.05) is 12.3 Å². The Morgan fingerprint density at radius 1 is 1.23 bits per heavy atom. The van der Waals surface area contributed by atoms with Crippen LogP contribution in [-0.2, 0) is 6.54 Å². The second-order valence-electron chi connectivity index (χ2n) is 6.98. The SMILES string of the molecule is C=CCn1c(=O)c2ccccc2n2c(SCCCC3CCCC3)nnc12. The van der Waals surface area contributed by atoms with Crippen molar-refractivity contribution in [2.24, 2.45) is 5.92 Å². The van der Waals surface area contributed by atoms with Crippen molar-refractivity contribution in [3.8, 4) is 0 Å². The fraction of sp³-hybridized carbons (Fsp3) is 0.450. The molecule has 0 N–H and O–H groups in total. The average molecular weight is 369 g/mol. The van der Waals surface area contributed by atoms with Gasteiger partial charge < -0.3 is 0 Å². The van der Waals surface area contributed by atoms with Crippen LogP contribution >= 0.6 is 11.8 Å². The summed E-state index contributed by atoms with van der Waals surface area (Å²) < 4.78 is 3.66. The predicted octanol–water partition coefficient (Wildman–Crippen LogP) is 4.29. The fourth-order valence-electron chi connectivity index (χ4n) is 3.96. The van der Waals surface area contributed by atoms with Crippen molar-refractivity contribution in [1.82, 2.24) is 19.2 Å². The predicted molar refractivity (Wildman–Crippen MR) is 107 cm³/mol. The molecular weight excluding hydrogens is 344 g/mol. The van der Waals surface area contributed by atoms with Gasteiger partial charge in [0.05, 0.1) is 10.9 Å². The van der Waals surface area contributed by atoms with Crippen LogP contribution in [0.4, 0.5) is 0 Å². The number of nitrogens with zero attached hydrogens (tertiary/aromatic N) is 4. The molecule has 1 aromatic carbocycles. The third-order valence-corrected chi connectivity index (χ3v) is 6.27. The first kappa shape index (κ1) is 17.3. The molecule has 0 spiro atoms. The zero-order chi connectivity index (χ0) is 17.9. The van der Waals surface area contributed by atoms with Gasteiger partial charge in [-0.2, -0.15) is 0 Å². The Hall–Kier alpha value is -2.08. The largest absolute Gasteiger partial charge is 0.272 e. The summed E-state index contributed by atoms with van der Waals surface area (Å²) >= 11 is 1.74. The number of thioether (sulfide) groups is 1. The number of benzene rings is 1. The molecule has 3 aromatic rings. The van der Waals surface area contributed by atoms with Gasteiger partial charge in [-0.05, 0) is 30.9 Å². The molecule has 0 aliphatic heterocycles. The monoisotopic (exact) mass is 368 g/mol. The molecule has 5 nitrogen and oxygen atoms in total. The molecule has 0 saturated heterocycles. The van der Waals surface area contributed by atoms with Gasteiger partial charge in [-0.3, -0.25) is 13.8 Å². The molecule has 4 rings (SSSR count). The number of aromatic nitrogens is 4. The Morgan fingerprint density at radius 2 is 2.04 bits per heavy atom. The minimum Gasteiger partial charge on any atom is -0.272 e. The summed E-state index contributed by atoms with van der Waals surface area (Å²) in [6.45, 7) is 4.19. The summed E-state index contributed by atoms with van der Waals surface area (Å²) in [5.41, 5.74) is 0.828. The van der Waals surface area contributed by atoms with E-state index in [9.17, 15) is 4.79 Å². The minimum atomic E-state index is -0.0433. The maximum atomic E-state index is 12.8. The van der Waals surface area contributed by atoms with Crippen LogP contribution < -0.4 is 5.56 Å². The van der Waals surface area contributed by atoms with E-state index in [-0.39, 0.29) is 5.56 Å². The number of rotatable bonds is 7. The number of allylic oxidation sites excluding steroid dienone is 1. The van der Waals surface area contributed by atoms with Gasteiger partial charge in [0.25, 0.3) is 5.56 Å². The van der Waals surface area contributed by atoms with Crippen molar-refractivity contribution in [1.29, 1.82) is 0 Å². The molecule has 6 heteroatoms. The molecule has 136 valence electrons. The number of para-hydroxylation sites is 1. The molecule has 0 bridgehead atoms. The Labute approximate surface area is 157 Å². The standard InChI is InChI=1S/C20H24N4OS/c1-2-13-23-18(25)16-11-5-6-12-17(16)24-19(23)21-22-20(24)26-14-7-10-15-8-3-4-9-15/h2,5-6,11-12,15H,1,3-4,7-10,13-14H2. The highest BCUT2D eigenvalue weighted by molar-refractivity contribution is 7.99. The molecule has 0 atom stereocenters. The van der Waals surface area contributed by atoms with Gasteiger partial charge in [-0.15, -0.1) is 16.8 Å². The molecular formula is C20H24N4OS. The molecule has 1 saturated carbocycles. The van der Waals surface area contributed by atoms with Crippen molar-refractivity contribution in [2.45, 2.75) is 50.2 Å². The zero-order valence-corrected chi connectivity index (χ0v) is 15.7. The van der Waals surface area contributed by atoms with E-state index in [2.05, 4.69) is 16.8 Å². The Morgan fingerprint density at radius 3 is 2.85 bits per heavy atom. The van der Waals surface area contributed by atoms with Crippen molar-refractivity contribution in [3.05, 3.63) is 47.3 Å². The molecule has 2 heterocycles. The van der Waals surface area contributed by atoms with Gasteiger partial charge in [-0.25, -0.2) is 0 Å². The Kier molecular flexibility index (Phi) is 5.11. The molecule has 2 aromatic heterocycles. The highest BCUT2D eigenvalue weighted by Gasteiger charge is 2.17. The second-order valence-corrected chi connectivity index (χ2v) is 8.04. The maximum absolute atomic E-state index is 12.8. The van der Waals surface area contributed by atoms with E-state index in [1.54, 1.807) is 22.4 Å². The topological polar surface area (TPSA) is 52.2 Å². The summed E-state index contributed by atoms with van der Waals surface area (Å²) in [5, 5.41) is 10.2. The average Bonchev–Trinajstić information content (AvgIpc) is 3.32. The summed E-state index contributed by atoms with van der Waals surface area (Å²) in [4.78, 5) is 12.8. The Bertz CT molecular complexity index is 985. The summed E-state index contributed by atoms with van der Waals surface area (Å²) in [6.07, 6.45) is 9.84. The first-order chi connectivity index (χ1) is 12.8. The van der Waals surface area contributed by atoms with Crippen molar-refractivity contribution < 1.29 is 0 Å². The van der Waals surface area contributed by atoms with Crippen LogP contribution in [0, 0.1) is 5.92 Å². The molecule has 0 radical (unpaired) electrons. The molecule has 0 amide bonds. The van der Waals surface area contributed by atoms with Gasteiger partial charge in [-0.1, -0.05) is 55.7 Å². The van der Waals surface area contributed by atoms with E-state index in [4.69, 9.17) is 0 Å². The van der Waals surface area contributed by atoms with Crippen LogP contribution in [0.5, 0.6) is 0 Å². The molecule has 0 unspecified atom stereocenters. The molecule has 1 fully saturated rings. The van der Waals surface area contributed by atoms with Crippen LogP contribution in [0.25, 0.3) is 16.7 Å². The summed E-state index contributed by atoms with van der Waals surface area (Å²) in [5.74, 6) is 2.54. The quantitative estimate of drug-likeness (QED) is 0.355. The third kappa shape index (κ3) is 3.18. The molecule has 1 aliphatic carbocycles. The van der Waals surface area contributed by atoms with E-state index in [1.807, 2.05) is 28.7 Å². The normalized spacial score (nSPS) is 15.2. The van der Waals surface area contributed by atoms with E-state index in [0.717, 1.165) is 22.3 Å². The van der Waals surface area contributed by atoms with Crippen LogP contribution in [0.15, 0.2) is 46.9 Å². The van der Waals surface area contributed by atoms with Gasteiger partial charge in [0.2, 0.25) is 5.78 Å². The number of hydrogen-bond acceptors (Lipinski definition) is 4. The van der Waals surface area contributed by atoms with Crippen LogP contribution in [-0.4, -0.2) is 24.9 Å². The van der Waals surface area contributed by atoms with Crippen molar-refractivity contribution >= 4 is 28.4 Å². The first-order valence-corrected chi connectivity index (χ1v) is 10.4. The highest BCUT2D eigenvalue weighted by atomic mass is 32.2. The lowest BCUT2D eigenvalue weighted by Crippen LogP contribution is -2.22. The van der Waals surface area contributed by atoms with Gasteiger partial charge >= 0.3 is 0 Å². The third-order valence-electron chi connectivity index (χ3n) is 5.25. The number of fused-ring (bicyclic) bond motifs is 3. The van der Waals surface area contributed by atoms with Gasteiger partial charge in [0.15, 0.2) is 5.16 Å². The van der Waals surface area contributed by atoms with Crippen LogP contribution in [0.2, 0.25) is 0 Å². The Balaban J connectivity index is 1.65. The summed E-state index contributed by atoms with van der Waals surface area (Å²) in [6, 6.07) is 7.68. The lowest BCUT2D eigenvalue weighted by atomic mass is 10.0. The molecule has 1 aliphatic rings. The second kappa shape index (κ2) is 7.66. The number of hydrogen-bond donors (Lipinski definition) is 0. The maximum Gasteiger partial charge on any atom is 0.263 e.